The van der Waals surface area contributed by atoms with Crippen molar-refractivity contribution in [1.29, 1.82) is 0 Å². The lowest BCUT2D eigenvalue weighted by atomic mass is 10.3. The van der Waals surface area contributed by atoms with E-state index in [1.165, 1.54) is 7.11 Å². The summed E-state index contributed by atoms with van der Waals surface area (Å²) in [5, 5.41) is 3.55. The van der Waals surface area contributed by atoms with Gasteiger partial charge < -0.3 is 4.84 Å². The molecule has 50 valence electrons. The van der Waals surface area contributed by atoms with Crippen LogP contribution < -0.4 is 0 Å². The van der Waals surface area contributed by atoms with Gasteiger partial charge in [-0.05, 0) is 12.8 Å². The van der Waals surface area contributed by atoms with E-state index in [4.69, 9.17) is 6.42 Å². The average Bonchev–Trinajstić information content (AvgIpc) is 1.89. The average molecular weight is 125 g/mol. The Morgan fingerprint density at radius 1 is 1.78 bits per heavy atom. The Hall–Kier alpha value is -0.970. The van der Waals surface area contributed by atoms with Gasteiger partial charge in [0.1, 0.15) is 7.11 Å². The molecule has 0 aromatic carbocycles. The third-order valence-corrected chi connectivity index (χ3v) is 0.834. The molecule has 0 N–H and O–H groups in total. The quantitative estimate of drug-likeness (QED) is 0.241. The van der Waals surface area contributed by atoms with Crippen LogP contribution in [0.5, 0.6) is 0 Å². The van der Waals surface area contributed by atoms with Crippen LogP contribution in [0.15, 0.2) is 5.16 Å². The molecule has 0 spiro atoms. The Balaban J connectivity index is 2.92. The predicted molar refractivity (Wildman–Crippen MR) is 38.2 cm³/mol. The Bertz CT molecular complexity index is 113. The molecule has 0 rings (SSSR count). The molecule has 0 heterocycles. The van der Waals surface area contributed by atoms with Crippen LogP contribution in [0.3, 0.4) is 0 Å². The fourth-order valence-corrected chi connectivity index (χ4v) is 0.423. The van der Waals surface area contributed by atoms with Crippen LogP contribution in [-0.2, 0) is 4.84 Å². The highest BCUT2D eigenvalue weighted by molar-refractivity contribution is 5.56. The summed E-state index contributed by atoms with van der Waals surface area (Å²) in [4.78, 5) is 4.44. The summed E-state index contributed by atoms with van der Waals surface area (Å²) in [6.07, 6.45) is 9.44. The molecule has 0 aliphatic heterocycles. The van der Waals surface area contributed by atoms with Crippen molar-refractivity contribution in [2.45, 2.75) is 19.3 Å². The largest absolute Gasteiger partial charge is 0.399 e. The van der Waals surface area contributed by atoms with E-state index in [0.29, 0.717) is 0 Å². The zero-order valence-electron chi connectivity index (χ0n) is 5.63. The zero-order chi connectivity index (χ0) is 6.95. The molecule has 0 amide bonds. The van der Waals surface area contributed by atoms with Crippen LogP contribution in [0.2, 0.25) is 0 Å². The van der Waals surface area contributed by atoms with Crippen LogP contribution in [-0.4, -0.2) is 13.3 Å². The second-order valence-electron chi connectivity index (χ2n) is 1.57. The molecular formula is C7H11NO. The van der Waals surface area contributed by atoms with Gasteiger partial charge in [0.25, 0.3) is 0 Å². The number of terminal acetylenes is 1. The van der Waals surface area contributed by atoms with E-state index in [1.807, 2.05) is 0 Å². The lowest BCUT2D eigenvalue weighted by molar-refractivity contribution is 0.214. The standard InChI is InChI=1S/C7H11NO/c1-3-4-5-6-7-8-9-2/h1,7H,4-6H2,2H3. The summed E-state index contributed by atoms with van der Waals surface area (Å²) in [7, 11) is 1.53. The van der Waals surface area contributed by atoms with Crippen LogP contribution in [0.25, 0.3) is 0 Å². The second-order valence-corrected chi connectivity index (χ2v) is 1.57. The van der Waals surface area contributed by atoms with Gasteiger partial charge in [0.2, 0.25) is 0 Å². The normalized spacial score (nSPS) is 9.33. The molecule has 0 fully saturated rings. The van der Waals surface area contributed by atoms with E-state index < -0.39 is 0 Å². The molecule has 0 atom stereocenters. The summed E-state index contributed by atoms with van der Waals surface area (Å²) in [6, 6.07) is 0. The first kappa shape index (κ1) is 8.03. The molecule has 0 bridgehead atoms. The second kappa shape index (κ2) is 7.03. The number of rotatable bonds is 4. The number of unbranched alkanes of at least 4 members (excludes halogenated alkanes) is 2. The first-order valence-corrected chi connectivity index (χ1v) is 2.90. The maximum absolute atomic E-state index is 5.02. The van der Waals surface area contributed by atoms with Crippen molar-refractivity contribution < 1.29 is 4.84 Å². The van der Waals surface area contributed by atoms with Gasteiger partial charge >= 0.3 is 0 Å². The fourth-order valence-electron chi connectivity index (χ4n) is 0.423. The highest BCUT2D eigenvalue weighted by atomic mass is 16.6. The smallest absolute Gasteiger partial charge is 0.106 e. The predicted octanol–water partition coefficient (Wildman–Crippen LogP) is 1.42. The Kier molecular flexibility index (Phi) is 6.27. The molecule has 9 heavy (non-hydrogen) atoms. The third kappa shape index (κ3) is 7.03. The van der Waals surface area contributed by atoms with Gasteiger partial charge in [0.15, 0.2) is 0 Å². The van der Waals surface area contributed by atoms with Crippen molar-refractivity contribution in [1.82, 2.24) is 0 Å². The van der Waals surface area contributed by atoms with Crippen molar-refractivity contribution in [3.05, 3.63) is 0 Å². The molecular weight excluding hydrogens is 114 g/mol. The van der Waals surface area contributed by atoms with Crippen molar-refractivity contribution >= 4 is 6.21 Å². The van der Waals surface area contributed by atoms with Gasteiger partial charge in [-0.3, -0.25) is 0 Å². The van der Waals surface area contributed by atoms with E-state index in [0.717, 1.165) is 19.3 Å². The number of oxime groups is 1. The number of hydrogen-bond acceptors (Lipinski definition) is 2. The van der Waals surface area contributed by atoms with Crippen molar-refractivity contribution in [3.63, 3.8) is 0 Å². The third-order valence-electron chi connectivity index (χ3n) is 0.834. The minimum atomic E-state index is 0.815. The maximum atomic E-state index is 5.02. The van der Waals surface area contributed by atoms with E-state index in [2.05, 4.69) is 15.9 Å². The van der Waals surface area contributed by atoms with Crippen LogP contribution in [0.1, 0.15) is 19.3 Å². The Labute approximate surface area is 55.9 Å². The number of nitrogens with zero attached hydrogens (tertiary/aromatic N) is 1. The first-order valence-electron chi connectivity index (χ1n) is 2.90. The Morgan fingerprint density at radius 2 is 2.56 bits per heavy atom. The lowest BCUT2D eigenvalue weighted by Gasteiger charge is -1.86. The first-order chi connectivity index (χ1) is 4.41. The van der Waals surface area contributed by atoms with Gasteiger partial charge in [-0.15, -0.1) is 12.3 Å². The van der Waals surface area contributed by atoms with E-state index in [-0.39, 0.29) is 0 Å². The zero-order valence-corrected chi connectivity index (χ0v) is 5.63. The van der Waals surface area contributed by atoms with Crippen LogP contribution in [0.4, 0.5) is 0 Å². The molecule has 0 radical (unpaired) electrons. The molecule has 0 saturated carbocycles. The SMILES string of the molecule is C#CCCCC=NOC. The van der Waals surface area contributed by atoms with Gasteiger partial charge in [-0.1, -0.05) is 5.16 Å². The molecule has 0 aromatic heterocycles. The molecule has 2 nitrogen and oxygen atoms in total. The van der Waals surface area contributed by atoms with Gasteiger partial charge in [0.05, 0.1) is 0 Å². The van der Waals surface area contributed by atoms with E-state index >= 15 is 0 Å². The highest BCUT2D eigenvalue weighted by Gasteiger charge is 1.78. The molecule has 0 saturated heterocycles. The topological polar surface area (TPSA) is 21.6 Å². The van der Waals surface area contributed by atoms with Crippen molar-refractivity contribution in [3.8, 4) is 12.3 Å². The molecule has 2 heteroatoms. The summed E-state index contributed by atoms with van der Waals surface area (Å²) in [5.41, 5.74) is 0. The monoisotopic (exact) mass is 125 g/mol. The van der Waals surface area contributed by atoms with E-state index in [9.17, 15) is 0 Å². The van der Waals surface area contributed by atoms with Gasteiger partial charge in [0, 0.05) is 12.6 Å². The molecule has 0 unspecified atom stereocenters. The summed E-state index contributed by atoms with van der Waals surface area (Å²) < 4.78 is 0. The molecule has 0 aliphatic carbocycles. The Morgan fingerprint density at radius 3 is 3.11 bits per heavy atom. The van der Waals surface area contributed by atoms with E-state index in [1.54, 1.807) is 6.21 Å². The maximum Gasteiger partial charge on any atom is 0.106 e. The number of hydrogen-bond donors (Lipinski definition) is 0. The molecule has 0 aromatic rings. The summed E-state index contributed by atoms with van der Waals surface area (Å²) >= 11 is 0. The van der Waals surface area contributed by atoms with Crippen molar-refractivity contribution in [2.24, 2.45) is 5.16 Å². The minimum absolute atomic E-state index is 0.815. The van der Waals surface area contributed by atoms with Gasteiger partial charge in [-0.25, -0.2) is 0 Å². The molecule has 0 aliphatic rings. The summed E-state index contributed by atoms with van der Waals surface area (Å²) in [5.74, 6) is 2.54. The van der Waals surface area contributed by atoms with Crippen LogP contribution in [0, 0.1) is 12.3 Å². The summed E-state index contributed by atoms with van der Waals surface area (Å²) in [6.45, 7) is 0. The minimum Gasteiger partial charge on any atom is -0.399 e. The lowest BCUT2D eigenvalue weighted by Crippen LogP contribution is -1.76. The fraction of sp³-hybridized carbons (Fsp3) is 0.571. The van der Waals surface area contributed by atoms with Crippen molar-refractivity contribution in [2.75, 3.05) is 7.11 Å². The highest BCUT2D eigenvalue weighted by Crippen LogP contribution is 1.89. The van der Waals surface area contributed by atoms with Crippen LogP contribution >= 0.6 is 0 Å². The van der Waals surface area contributed by atoms with Gasteiger partial charge in [-0.2, -0.15) is 0 Å².